The lowest BCUT2D eigenvalue weighted by Crippen LogP contribution is -2.21. The molecule has 1 fully saturated rings. The van der Waals surface area contributed by atoms with Crippen molar-refractivity contribution in [2.75, 3.05) is 5.32 Å². The van der Waals surface area contributed by atoms with Crippen LogP contribution >= 0.6 is 11.6 Å². The van der Waals surface area contributed by atoms with Gasteiger partial charge in [0.1, 0.15) is 0 Å². The van der Waals surface area contributed by atoms with Crippen molar-refractivity contribution in [2.45, 2.75) is 55.9 Å². The largest absolute Gasteiger partial charge is 0.381 e. The van der Waals surface area contributed by atoms with Gasteiger partial charge < -0.3 is 5.32 Å². The zero-order valence-electron chi connectivity index (χ0n) is 11.4. The highest BCUT2D eigenvalue weighted by Crippen LogP contribution is 2.28. The lowest BCUT2D eigenvalue weighted by molar-refractivity contribution is 0.471. The third-order valence-corrected chi connectivity index (χ3v) is 4.97. The van der Waals surface area contributed by atoms with Gasteiger partial charge >= 0.3 is 0 Å². The SMILES string of the molecule is NS(=O)(=O)c1ccc(Cl)c(NC2CCCCCCC2)c1. The molecule has 6 heteroatoms. The number of nitrogens with one attached hydrogen (secondary N) is 1. The van der Waals surface area contributed by atoms with E-state index in [0.717, 1.165) is 12.8 Å². The van der Waals surface area contributed by atoms with Crippen molar-refractivity contribution in [3.05, 3.63) is 23.2 Å². The van der Waals surface area contributed by atoms with Crippen LogP contribution in [0.15, 0.2) is 23.1 Å². The second kappa shape index (κ2) is 6.78. The average Bonchev–Trinajstić information content (AvgIpc) is 2.33. The maximum Gasteiger partial charge on any atom is 0.238 e. The maximum atomic E-state index is 11.4. The van der Waals surface area contributed by atoms with E-state index in [4.69, 9.17) is 16.7 Å². The molecule has 0 radical (unpaired) electrons. The van der Waals surface area contributed by atoms with Gasteiger partial charge in [0, 0.05) is 6.04 Å². The fourth-order valence-corrected chi connectivity index (χ4v) is 3.32. The Labute approximate surface area is 125 Å². The fourth-order valence-electron chi connectivity index (χ4n) is 2.61. The van der Waals surface area contributed by atoms with Crippen LogP contribution in [0.25, 0.3) is 0 Å². The summed E-state index contributed by atoms with van der Waals surface area (Å²) in [6.45, 7) is 0. The molecule has 3 N–H and O–H groups in total. The molecule has 1 aliphatic carbocycles. The number of hydrogen-bond donors (Lipinski definition) is 2. The number of sulfonamides is 1. The summed E-state index contributed by atoms with van der Waals surface area (Å²) >= 11 is 6.14. The Balaban J connectivity index is 2.14. The molecule has 1 aliphatic rings. The van der Waals surface area contributed by atoms with E-state index in [2.05, 4.69) is 5.32 Å². The zero-order valence-corrected chi connectivity index (χ0v) is 13.0. The standard InChI is InChI=1S/C14H21ClN2O2S/c15-13-9-8-12(20(16,18)19)10-14(13)17-11-6-4-2-1-3-5-7-11/h8-11,17H,1-7H2,(H2,16,18,19). The van der Waals surface area contributed by atoms with Crippen molar-refractivity contribution >= 4 is 27.3 Å². The van der Waals surface area contributed by atoms with E-state index in [1.54, 1.807) is 6.07 Å². The van der Waals surface area contributed by atoms with Crippen LogP contribution in [0, 0.1) is 0 Å². The van der Waals surface area contributed by atoms with Gasteiger partial charge in [0.25, 0.3) is 0 Å². The van der Waals surface area contributed by atoms with Crippen LogP contribution in [0.2, 0.25) is 5.02 Å². The van der Waals surface area contributed by atoms with E-state index in [1.165, 1.54) is 44.2 Å². The van der Waals surface area contributed by atoms with Crippen LogP contribution in [0.3, 0.4) is 0 Å². The quantitative estimate of drug-likeness (QED) is 0.896. The van der Waals surface area contributed by atoms with Gasteiger partial charge in [-0.05, 0) is 31.0 Å². The van der Waals surface area contributed by atoms with Crippen molar-refractivity contribution in [3.8, 4) is 0 Å². The minimum absolute atomic E-state index is 0.0928. The molecule has 0 aromatic heterocycles. The summed E-state index contributed by atoms with van der Waals surface area (Å²) in [6.07, 6.45) is 8.43. The first kappa shape index (κ1) is 15.6. The molecule has 1 aromatic rings. The van der Waals surface area contributed by atoms with Gasteiger partial charge in [-0.15, -0.1) is 0 Å². The van der Waals surface area contributed by atoms with Crippen LogP contribution in [-0.2, 0) is 10.0 Å². The first-order valence-corrected chi connectivity index (χ1v) is 8.98. The molecule has 20 heavy (non-hydrogen) atoms. The van der Waals surface area contributed by atoms with E-state index in [-0.39, 0.29) is 4.90 Å². The fraction of sp³-hybridized carbons (Fsp3) is 0.571. The number of nitrogens with two attached hydrogens (primary N) is 1. The summed E-state index contributed by atoms with van der Waals surface area (Å²) in [5.74, 6) is 0. The molecule has 0 heterocycles. The van der Waals surface area contributed by atoms with Crippen LogP contribution in [0.1, 0.15) is 44.9 Å². The van der Waals surface area contributed by atoms with Crippen LogP contribution in [-0.4, -0.2) is 14.5 Å². The highest BCUT2D eigenvalue weighted by molar-refractivity contribution is 7.89. The molecule has 2 rings (SSSR count). The number of halogens is 1. The van der Waals surface area contributed by atoms with E-state index in [0.29, 0.717) is 16.8 Å². The third-order valence-electron chi connectivity index (χ3n) is 3.73. The van der Waals surface area contributed by atoms with Crippen LogP contribution in [0.5, 0.6) is 0 Å². The number of anilines is 1. The Bertz CT molecular complexity index is 552. The van der Waals surface area contributed by atoms with E-state index < -0.39 is 10.0 Å². The van der Waals surface area contributed by atoms with Gasteiger partial charge in [-0.2, -0.15) is 0 Å². The van der Waals surface area contributed by atoms with Crippen molar-refractivity contribution in [2.24, 2.45) is 5.14 Å². The monoisotopic (exact) mass is 316 g/mol. The first-order chi connectivity index (χ1) is 9.47. The molecule has 0 spiro atoms. The minimum atomic E-state index is -3.69. The number of benzene rings is 1. The van der Waals surface area contributed by atoms with Crippen LogP contribution in [0.4, 0.5) is 5.69 Å². The van der Waals surface area contributed by atoms with Crippen molar-refractivity contribution in [1.82, 2.24) is 0 Å². The van der Waals surface area contributed by atoms with Gasteiger partial charge in [-0.25, -0.2) is 13.6 Å². The summed E-state index contributed by atoms with van der Waals surface area (Å²) in [4.78, 5) is 0.0928. The van der Waals surface area contributed by atoms with E-state index in [9.17, 15) is 8.42 Å². The van der Waals surface area contributed by atoms with Crippen LogP contribution < -0.4 is 10.5 Å². The van der Waals surface area contributed by atoms with Crippen molar-refractivity contribution in [1.29, 1.82) is 0 Å². The Kier molecular flexibility index (Phi) is 5.29. The Hall–Kier alpha value is -0.780. The first-order valence-electron chi connectivity index (χ1n) is 7.06. The van der Waals surface area contributed by atoms with Gasteiger partial charge in [0.05, 0.1) is 15.6 Å². The lowest BCUT2D eigenvalue weighted by atomic mass is 9.96. The Morgan fingerprint density at radius 2 is 1.70 bits per heavy atom. The molecule has 0 aliphatic heterocycles. The molecular formula is C14H21ClN2O2S. The zero-order chi connectivity index (χ0) is 14.6. The molecule has 112 valence electrons. The van der Waals surface area contributed by atoms with Crippen molar-refractivity contribution in [3.63, 3.8) is 0 Å². The molecule has 0 atom stereocenters. The molecule has 0 saturated heterocycles. The van der Waals surface area contributed by atoms with E-state index in [1.807, 2.05) is 0 Å². The second-order valence-electron chi connectivity index (χ2n) is 5.37. The Morgan fingerprint density at radius 3 is 2.30 bits per heavy atom. The highest BCUT2D eigenvalue weighted by atomic mass is 35.5. The Morgan fingerprint density at radius 1 is 1.10 bits per heavy atom. The number of hydrogen-bond acceptors (Lipinski definition) is 3. The van der Waals surface area contributed by atoms with Gasteiger partial charge in [-0.1, -0.05) is 43.7 Å². The number of primary sulfonamides is 1. The summed E-state index contributed by atoms with van der Waals surface area (Å²) in [5, 5.41) is 9.06. The van der Waals surface area contributed by atoms with Gasteiger partial charge in [0.15, 0.2) is 0 Å². The molecule has 0 bridgehead atoms. The normalized spacial score (nSPS) is 18.3. The maximum absolute atomic E-state index is 11.4. The summed E-state index contributed by atoms with van der Waals surface area (Å²) in [7, 11) is -3.69. The summed E-state index contributed by atoms with van der Waals surface area (Å²) in [6, 6.07) is 4.88. The summed E-state index contributed by atoms with van der Waals surface area (Å²) < 4.78 is 22.8. The van der Waals surface area contributed by atoms with Gasteiger partial charge in [-0.3, -0.25) is 0 Å². The predicted octanol–water partition coefficient (Wildman–Crippen LogP) is 3.51. The minimum Gasteiger partial charge on any atom is -0.381 e. The number of rotatable bonds is 3. The van der Waals surface area contributed by atoms with Crippen molar-refractivity contribution < 1.29 is 8.42 Å². The smallest absolute Gasteiger partial charge is 0.238 e. The second-order valence-corrected chi connectivity index (χ2v) is 7.34. The molecule has 0 amide bonds. The average molecular weight is 317 g/mol. The lowest BCUT2D eigenvalue weighted by Gasteiger charge is -2.23. The molecule has 1 aromatic carbocycles. The molecule has 4 nitrogen and oxygen atoms in total. The van der Waals surface area contributed by atoms with E-state index >= 15 is 0 Å². The highest BCUT2D eigenvalue weighted by Gasteiger charge is 2.15. The van der Waals surface area contributed by atoms with Gasteiger partial charge in [0.2, 0.25) is 10.0 Å². The molecule has 0 unspecified atom stereocenters. The molecular weight excluding hydrogens is 296 g/mol. The predicted molar refractivity (Wildman–Crippen MR) is 82.6 cm³/mol. The summed E-state index contributed by atoms with van der Waals surface area (Å²) in [5.41, 5.74) is 0.656. The third kappa shape index (κ3) is 4.36. The topological polar surface area (TPSA) is 72.2 Å². The molecule has 1 saturated carbocycles.